The summed E-state index contributed by atoms with van der Waals surface area (Å²) >= 11 is 0. The van der Waals surface area contributed by atoms with Crippen molar-refractivity contribution < 1.29 is 23.7 Å². The lowest BCUT2D eigenvalue weighted by Gasteiger charge is -2.08. The second-order valence-electron chi connectivity index (χ2n) is 6.18. The summed E-state index contributed by atoms with van der Waals surface area (Å²) in [5.41, 5.74) is 0. The first kappa shape index (κ1) is 24.8. The third-order valence-electron chi connectivity index (χ3n) is 3.77. The molecule has 0 unspecified atom stereocenters. The van der Waals surface area contributed by atoms with Crippen molar-refractivity contribution in [2.45, 2.75) is 65.2 Å². The van der Waals surface area contributed by atoms with Crippen molar-refractivity contribution >= 4 is 0 Å². The Kier molecular flexibility index (Phi) is 23.6. The van der Waals surface area contributed by atoms with Gasteiger partial charge in [0.1, 0.15) is 0 Å². The Morgan fingerprint density at radius 3 is 0.880 bits per heavy atom. The van der Waals surface area contributed by atoms with E-state index in [-0.39, 0.29) is 0 Å². The molecule has 0 atom stereocenters. The molecule has 0 fully saturated rings. The standard InChI is InChI=1S/C20H42O5/c1-3-5-7-9-11-21-13-15-23-17-19-25-20-18-24-16-14-22-12-10-8-6-4-2/h3-20H2,1-2H3. The van der Waals surface area contributed by atoms with Gasteiger partial charge in [0.15, 0.2) is 0 Å². The number of hydrogen-bond acceptors (Lipinski definition) is 5. The van der Waals surface area contributed by atoms with Gasteiger partial charge in [-0.05, 0) is 12.8 Å². The Morgan fingerprint density at radius 1 is 0.320 bits per heavy atom. The van der Waals surface area contributed by atoms with Crippen LogP contribution in [-0.4, -0.2) is 66.1 Å². The highest BCUT2D eigenvalue weighted by atomic mass is 16.6. The molecule has 0 aromatic rings. The highest BCUT2D eigenvalue weighted by molar-refractivity contribution is 4.41. The van der Waals surface area contributed by atoms with Gasteiger partial charge >= 0.3 is 0 Å². The molecule has 0 aliphatic carbocycles. The molecular weight excluding hydrogens is 320 g/mol. The summed E-state index contributed by atoms with van der Waals surface area (Å²) in [4.78, 5) is 0. The molecule has 0 saturated carbocycles. The van der Waals surface area contributed by atoms with Crippen molar-refractivity contribution in [3.63, 3.8) is 0 Å². The molecule has 5 heteroatoms. The first-order valence-corrected chi connectivity index (χ1v) is 10.3. The van der Waals surface area contributed by atoms with Crippen LogP contribution in [0, 0.1) is 0 Å². The van der Waals surface area contributed by atoms with Crippen LogP contribution in [0.5, 0.6) is 0 Å². The van der Waals surface area contributed by atoms with Crippen LogP contribution in [0.1, 0.15) is 65.2 Å². The maximum atomic E-state index is 5.50. The van der Waals surface area contributed by atoms with Gasteiger partial charge in [0.25, 0.3) is 0 Å². The summed E-state index contributed by atoms with van der Waals surface area (Å²) in [5.74, 6) is 0. The third-order valence-corrected chi connectivity index (χ3v) is 3.77. The van der Waals surface area contributed by atoms with Gasteiger partial charge in [-0.25, -0.2) is 0 Å². The molecule has 0 aliphatic heterocycles. The molecule has 0 bridgehead atoms. The molecule has 0 aromatic heterocycles. The van der Waals surface area contributed by atoms with Crippen LogP contribution in [0.3, 0.4) is 0 Å². The number of ether oxygens (including phenoxy) is 5. The third kappa shape index (κ3) is 23.8. The lowest BCUT2D eigenvalue weighted by atomic mass is 10.2. The Balaban J connectivity index is 2.94. The highest BCUT2D eigenvalue weighted by Gasteiger charge is 1.94. The molecule has 0 aromatic carbocycles. The molecule has 152 valence electrons. The summed E-state index contributed by atoms with van der Waals surface area (Å²) in [6.07, 6.45) is 9.96. The highest BCUT2D eigenvalue weighted by Crippen LogP contribution is 1.99. The van der Waals surface area contributed by atoms with Gasteiger partial charge in [-0.1, -0.05) is 52.4 Å². The van der Waals surface area contributed by atoms with Crippen LogP contribution in [0.25, 0.3) is 0 Å². The Bertz CT molecular complexity index is 204. The van der Waals surface area contributed by atoms with Crippen LogP contribution in [0.15, 0.2) is 0 Å². The number of unbranched alkanes of at least 4 members (excludes halogenated alkanes) is 6. The fourth-order valence-corrected chi connectivity index (χ4v) is 2.24. The smallest absolute Gasteiger partial charge is 0.0701 e. The van der Waals surface area contributed by atoms with Gasteiger partial charge in [-0.3, -0.25) is 0 Å². The first-order chi connectivity index (χ1) is 12.4. The molecular formula is C20H42O5. The maximum Gasteiger partial charge on any atom is 0.0701 e. The van der Waals surface area contributed by atoms with E-state index >= 15 is 0 Å². The largest absolute Gasteiger partial charge is 0.379 e. The minimum absolute atomic E-state index is 0.605. The molecule has 0 amide bonds. The molecule has 0 N–H and O–H groups in total. The van der Waals surface area contributed by atoms with Crippen molar-refractivity contribution in [3.05, 3.63) is 0 Å². The zero-order valence-corrected chi connectivity index (χ0v) is 16.8. The second kappa shape index (κ2) is 23.8. The van der Waals surface area contributed by atoms with Crippen molar-refractivity contribution in [2.24, 2.45) is 0 Å². The Morgan fingerprint density at radius 2 is 0.600 bits per heavy atom. The molecule has 0 rings (SSSR count). The van der Waals surface area contributed by atoms with Gasteiger partial charge < -0.3 is 23.7 Å². The zero-order valence-electron chi connectivity index (χ0n) is 16.8. The van der Waals surface area contributed by atoms with E-state index in [4.69, 9.17) is 23.7 Å². The van der Waals surface area contributed by atoms with Gasteiger partial charge in [-0.2, -0.15) is 0 Å². The summed E-state index contributed by atoms with van der Waals surface area (Å²) in [6, 6.07) is 0. The van der Waals surface area contributed by atoms with E-state index in [0.29, 0.717) is 52.9 Å². The Labute approximate surface area is 155 Å². The molecule has 0 radical (unpaired) electrons. The lowest BCUT2D eigenvalue weighted by Crippen LogP contribution is -2.13. The minimum atomic E-state index is 0.605. The summed E-state index contributed by atoms with van der Waals surface area (Å²) in [6.45, 7) is 11.2. The normalized spacial score (nSPS) is 11.3. The monoisotopic (exact) mass is 362 g/mol. The predicted molar refractivity (Wildman–Crippen MR) is 102 cm³/mol. The fourth-order valence-electron chi connectivity index (χ4n) is 2.24. The van der Waals surface area contributed by atoms with E-state index in [0.717, 1.165) is 26.1 Å². The van der Waals surface area contributed by atoms with Crippen molar-refractivity contribution in [3.8, 4) is 0 Å². The maximum absolute atomic E-state index is 5.50. The van der Waals surface area contributed by atoms with Crippen LogP contribution in [0.2, 0.25) is 0 Å². The predicted octanol–water partition coefficient (Wildman–Crippen LogP) is 4.23. The van der Waals surface area contributed by atoms with Gasteiger partial charge in [0.2, 0.25) is 0 Å². The van der Waals surface area contributed by atoms with Gasteiger partial charge in [0.05, 0.1) is 52.9 Å². The summed E-state index contributed by atoms with van der Waals surface area (Å²) in [5, 5.41) is 0. The molecule has 0 heterocycles. The van der Waals surface area contributed by atoms with Crippen LogP contribution >= 0.6 is 0 Å². The molecule has 5 nitrogen and oxygen atoms in total. The Hall–Kier alpha value is -0.200. The van der Waals surface area contributed by atoms with E-state index in [1.165, 1.54) is 38.5 Å². The van der Waals surface area contributed by atoms with Crippen molar-refractivity contribution in [1.82, 2.24) is 0 Å². The SMILES string of the molecule is CCCCCCOCCOCCOCCOCCOCCCCCC. The van der Waals surface area contributed by atoms with Crippen molar-refractivity contribution in [1.29, 1.82) is 0 Å². The minimum Gasteiger partial charge on any atom is -0.379 e. The zero-order chi connectivity index (χ0) is 18.3. The molecule has 0 saturated heterocycles. The van der Waals surface area contributed by atoms with Crippen molar-refractivity contribution in [2.75, 3.05) is 66.1 Å². The first-order valence-electron chi connectivity index (χ1n) is 10.3. The average molecular weight is 363 g/mol. The molecule has 0 aliphatic rings. The fraction of sp³-hybridized carbons (Fsp3) is 1.00. The van der Waals surface area contributed by atoms with Crippen LogP contribution < -0.4 is 0 Å². The van der Waals surface area contributed by atoms with Gasteiger partial charge in [0, 0.05) is 13.2 Å². The van der Waals surface area contributed by atoms with E-state index in [1.807, 2.05) is 0 Å². The van der Waals surface area contributed by atoms with E-state index in [2.05, 4.69) is 13.8 Å². The van der Waals surface area contributed by atoms with Crippen LogP contribution in [-0.2, 0) is 23.7 Å². The quantitative estimate of drug-likeness (QED) is 0.270. The van der Waals surface area contributed by atoms with E-state index < -0.39 is 0 Å². The van der Waals surface area contributed by atoms with E-state index in [1.54, 1.807) is 0 Å². The lowest BCUT2D eigenvalue weighted by molar-refractivity contribution is -0.0114. The molecule has 25 heavy (non-hydrogen) atoms. The summed E-state index contributed by atoms with van der Waals surface area (Å²) < 4.78 is 27.4. The van der Waals surface area contributed by atoms with Crippen LogP contribution in [0.4, 0.5) is 0 Å². The number of hydrogen-bond donors (Lipinski definition) is 0. The average Bonchev–Trinajstić information content (AvgIpc) is 2.63. The number of rotatable bonds is 22. The second-order valence-corrected chi connectivity index (χ2v) is 6.18. The topological polar surface area (TPSA) is 46.2 Å². The van der Waals surface area contributed by atoms with E-state index in [9.17, 15) is 0 Å². The summed E-state index contributed by atoms with van der Waals surface area (Å²) in [7, 11) is 0. The molecule has 0 spiro atoms. The van der Waals surface area contributed by atoms with Gasteiger partial charge in [-0.15, -0.1) is 0 Å².